The summed E-state index contributed by atoms with van der Waals surface area (Å²) >= 11 is 0. The predicted molar refractivity (Wildman–Crippen MR) is 86.0 cm³/mol. The van der Waals surface area contributed by atoms with Gasteiger partial charge in [-0.15, -0.1) is 0 Å². The highest BCUT2D eigenvalue weighted by atomic mass is 16.2. The molecular formula is C17H27N3O. The zero-order valence-electron chi connectivity index (χ0n) is 13.6. The highest BCUT2D eigenvalue weighted by Gasteiger charge is 2.35. The van der Waals surface area contributed by atoms with Crippen LogP contribution in [0, 0.1) is 6.92 Å². The lowest BCUT2D eigenvalue weighted by atomic mass is 10.1. The van der Waals surface area contributed by atoms with E-state index in [0.717, 1.165) is 25.2 Å². The van der Waals surface area contributed by atoms with E-state index >= 15 is 0 Å². The maximum atomic E-state index is 12.3. The number of hydrogen-bond donors (Lipinski definition) is 1. The lowest BCUT2D eigenvalue weighted by Gasteiger charge is -2.34. The lowest BCUT2D eigenvalue weighted by molar-refractivity contribution is -0.130. The van der Waals surface area contributed by atoms with Crippen molar-refractivity contribution in [1.29, 1.82) is 0 Å². The van der Waals surface area contributed by atoms with Gasteiger partial charge in [0.25, 0.3) is 0 Å². The van der Waals surface area contributed by atoms with E-state index in [2.05, 4.69) is 62.2 Å². The molecule has 21 heavy (non-hydrogen) atoms. The van der Waals surface area contributed by atoms with Crippen LogP contribution >= 0.6 is 0 Å². The molecule has 0 aromatic heterocycles. The summed E-state index contributed by atoms with van der Waals surface area (Å²) < 4.78 is 0. The molecule has 4 heteroatoms. The van der Waals surface area contributed by atoms with Crippen LogP contribution in [0.5, 0.6) is 0 Å². The first-order valence-corrected chi connectivity index (χ1v) is 7.90. The summed E-state index contributed by atoms with van der Waals surface area (Å²) in [5, 5.41) is 3.34. The Morgan fingerprint density at radius 1 is 1.29 bits per heavy atom. The Balaban J connectivity index is 2.14. The highest BCUT2D eigenvalue weighted by molar-refractivity contribution is 5.81. The fourth-order valence-electron chi connectivity index (χ4n) is 2.99. The minimum atomic E-state index is 0.00339. The molecule has 1 N–H and O–H groups in total. The number of hydrogen-bond acceptors (Lipinski definition) is 3. The van der Waals surface area contributed by atoms with E-state index < -0.39 is 0 Å². The van der Waals surface area contributed by atoms with Gasteiger partial charge in [0.05, 0.1) is 6.54 Å². The zero-order chi connectivity index (χ0) is 15.4. The van der Waals surface area contributed by atoms with Crippen LogP contribution in [-0.4, -0.2) is 47.9 Å². The normalized spacial score (nSPS) is 20.3. The van der Waals surface area contributed by atoms with Crippen LogP contribution in [0.3, 0.4) is 0 Å². The standard InChI is InChI=1S/C17H27N3O/c1-5-19(6-2)12-14(4)20-16(21)11-18-17(20)15-9-7-13(3)8-10-15/h7-10,14,17-18H,5-6,11-12H2,1-4H3. The largest absolute Gasteiger partial charge is 0.318 e. The Kier molecular flexibility index (Phi) is 5.37. The third-order valence-corrected chi connectivity index (χ3v) is 4.30. The second kappa shape index (κ2) is 7.05. The highest BCUT2D eigenvalue weighted by Crippen LogP contribution is 2.25. The molecule has 1 saturated heterocycles. The molecule has 1 heterocycles. The molecule has 1 aliphatic rings. The molecule has 2 rings (SSSR count). The number of nitrogens with zero attached hydrogens (tertiary/aromatic N) is 2. The number of aryl methyl sites for hydroxylation is 1. The Labute approximate surface area is 128 Å². The van der Waals surface area contributed by atoms with E-state index in [1.165, 1.54) is 5.56 Å². The van der Waals surface area contributed by atoms with Gasteiger partial charge in [-0.05, 0) is 32.5 Å². The van der Waals surface area contributed by atoms with Crippen molar-refractivity contribution in [3.05, 3.63) is 35.4 Å². The Hall–Kier alpha value is -1.39. The molecule has 2 unspecified atom stereocenters. The van der Waals surface area contributed by atoms with Gasteiger partial charge in [-0.1, -0.05) is 43.7 Å². The van der Waals surface area contributed by atoms with Crippen molar-refractivity contribution in [1.82, 2.24) is 15.1 Å². The van der Waals surface area contributed by atoms with Gasteiger partial charge in [-0.25, -0.2) is 0 Å². The molecule has 1 aromatic carbocycles. The molecule has 0 aliphatic carbocycles. The van der Waals surface area contributed by atoms with Gasteiger partial charge < -0.3 is 9.80 Å². The van der Waals surface area contributed by atoms with Crippen LogP contribution in [0.4, 0.5) is 0 Å². The van der Waals surface area contributed by atoms with Crippen molar-refractivity contribution in [3.8, 4) is 0 Å². The first-order valence-electron chi connectivity index (χ1n) is 7.90. The second-order valence-corrected chi connectivity index (χ2v) is 5.83. The SMILES string of the molecule is CCN(CC)CC(C)N1C(=O)CNC1c1ccc(C)cc1. The summed E-state index contributed by atoms with van der Waals surface area (Å²) in [5.41, 5.74) is 2.41. The van der Waals surface area contributed by atoms with Crippen LogP contribution in [0.15, 0.2) is 24.3 Å². The third-order valence-electron chi connectivity index (χ3n) is 4.30. The average Bonchev–Trinajstić information content (AvgIpc) is 2.87. The van der Waals surface area contributed by atoms with Crippen molar-refractivity contribution in [3.63, 3.8) is 0 Å². The fourth-order valence-corrected chi connectivity index (χ4v) is 2.99. The molecule has 4 nitrogen and oxygen atoms in total. The fraction of sp³-hybridized carbons (Fsp3) is 0.588. The number of likely N-dealkylation sites (N-methyl/N-ethyl adjacent to an activating group) is 1. The van der Waals surface area contributed by atoms with Gasteiger partial charge in [0.15, 0.2) is 0 Å². The van der Waals surface area contributed by atoms with E-state index in [0.29, 0.717) is 6.54 Å². The van der Waals surface area contributed by atoms with Crippen LogP contribution in [0.25, 0.3) is 0 Å². The first kappa shape index (κ1) is 16.0. The lowest BCUT2D eigenvalue weighted by Crippen LogP contribution is -2.44. The smallest absolute Gasteiger partial charge is 0.238 e. The van der Waals surface area contributed by atoms with Crippen LogP contribution in [-0.2, 0) is 4.79 Å². The number of carbonyl (C=O) groups excluding carboxylic acids is 1. The molecule has 1 aromatic rings. The average molecular weight is 289 g/mol. The van der Waals surface area contributed by atoms with Crippen molar-refractivity contribution in [2.75, 3.05) is 26.2 Å². The van der Waals surface area contributed by atoms with Gasteiger partial charge in [0.1, 0.15) is 6.17 Å². The van der Waals surface area contributed by atoms with Crippen molar-refractivity contribution in [2.45, 2.75) is 39.9 Å². The number of rotatable bonds is 6. The van der Waals surface area contributed by atoms with Crippen molar-refractivity contribution < 1.29 is 4.79 Å². The van der Waals surface area contributed by atoms with E-state index in [1.54, 1.807) is 0 Å². The topological polar surface area (TPSA) is 35.6 Å². The molecule has 0 bridgehead atoms. The van der Waals surface area contributed by atoms with Crippen molar-refractivity contribution in [2.24, 2.45) is 0 Å². The number of benzene rings is 1. The molecule has 1 amide bonds. The maximum Gasteiger partial charge on any atom is 0.238 e. The van der Waals surface area contributed by atoms with Gasteiger partial charge in [-0.3, -0.25) is 10.1 Å². The van der Waals surface area contributed by atoms with E-state index in [4.69, 9.17) is 0 Å². The van der Waals surface area contributed by atoms with Crippen LogP contribution < -0.4 is 5.32 Å². The van der Waals surface area contributed by atoms with Crippen LogP contribution in [0.2, 0.25) is 0 Å². The number of amides is 1. The van der Waals surface area contributed by atoms with Gasteiger partial charge >= 0.3 is 0 Å². The zero-order valence-corrected chi connectivity index (χ0v) is 13.6. The Morgan fingerprint density at radius 3 is 2.48 bits per heavy atom. The third kappa shape index (κ3) is 3.63. The monoisotopic (exact) mass is 289 g/mol. The molecular weight excluding hydrogens is 262 g/mol. The molecule has 0 spiro atoms. The Morgan fingerprint density at radius 2 is 1.90 bits per heavy atom. The first-order chi connectivity index (χ1) is 10.1. The summed E-state index contributed by atoms with van der Waals surface area (Å²) in [5.74, 6) is 0.195. The van der Waals surface area contributed by atoms with Gasteiger partial charge in [0.2, 0.25) is 5.91 Å². The molecule has 0 radical (unpaired) electrons. The predicted octanol–water partition coefficient (Wildman–Crippen LogP) is 2.16. The summed E-state index contributed by atoms with van der Waals surface area (Å²) in [4.78, 5) is 16.6. The summed E-state index contributed by atoms with van der Waals surface area (Å²) in [6.45, 7) is 11.9. The van der Waals surface area contributed by atoms with E-state index in [9.17, 15) is 4.79 Å². The molecule has 2 atom stereocenters. The molecule has 116 valence electrons. The molecule has 1 aliphatic heterocycles. The van der Waals surface area contributed by atoms with Gasteiger partial charge in [-0.2, -0.15) is 0 Å². The minimum Gasteiger partial charge on any atom is -0.318 e. The second-order valence-electron chi connectivity index (χ2n) is 5.83. The summed E-state index contributed by atoms with van der Waals surface area (Å²) in [6, 6.07) is 8.64. The Bertz CT molecular complexity index is 467. The molecule has 0 saturated carbocycles. The number of nitrogens with one attached hydrogen (secondary N) is 1. The molecule has 1 fully saturated rings. The van der Waals surface area contributed by atoms with Crippen LogP contribution in [0.1, 0.15) is 38.1 Å². The van der Waals surface area contributed by atoms with E-state index in [-0.39, 0.29) is 18.1 Å². The van der Waals surface area contributed by atoms with Crippen molar-refractivity contribution >= 4 is 5.91 Å². The maximum absolute atomic E-state index is 12.3. The summed E-state index contributed by atoms with van der Waals surface area (Å²) in [7, 11) is 0. The van der Waals surface area contributed by atoms with Gasteiger partial charge in [0, 0.05) is 12.6 Å². The minimum absolute atomic E-state index is 0.00339. The quantitative estimate of drug-likeness (QED) is 0.871. The van der Waals surface area contributed by atoms with E-state index in [1.807, 2.05) is 4.90 Å². The summed E-state index contributed by atoms with van der Waals surface area (Å²) in [6.07, 6.45) is 0.00339. The number of carbonyl (C=O) groups is 1.